The fraction of sp³-hybridized carbons (Fsp3) is 0.0435. The number of amides is 2. The summed E-state index contributed by atoms with van der Waals surface area (Å²) in [5, 5.41) is 11.5. The monoisotopic (exact) mass is 510 g/mol. The number of hydrogen-bond acceptors (Lipinski definition) is 5. The van der Waals surface area contributed by atoms with Crippen molar-refractivity contribution in [2.75, 3.05) is 4.90 Å². The summed E-state index contributed by atoms with van der Waals surface area (Å²) < 4.78 is 6.70. The van der Waals surface area contributed by atoms with Gasteiger partial charge in [0.1, 0.15) is 17.1 Å². The van der Waals surface area contributed by atoms with Crippen LogP contribution in [0.25, 0.3) is 17.4 Å². The molecular formula is C23H15BrN2O5S. The number of rotatable bonds is 4. The number of nitrogens with zero attached hydrogens (tertiary/aromatic N) is 1. The molecule has 3 aromatic rings. The van der Waals surface area contributed by atoms with Crippen LogP contribution >= 0.6 is 28.1 Å². The van der Waals surface area contributed by atoms with E-state index in [2.05, 4.69) is 21.2 Å². The number of carboxylic acids is 1. The molecular weight excluding hydrogens is 496 g/mol. The van der Waals surface area contributed by atoms with Crippen LogP contribution in [0.2, 0.25) is 0 Å². The van der Waals surface area contributed by atoms with Gasteiger partial charge in [-0.2, -0.15) is 0 Å². The zero-order chi connectivity index (χ0) is 23.0. The van der Waals surface area contributed by atoms with Crippen molar-refractivity contribution < 1.29 is 23.9 Å². The third kappa shape index (κ3) is 4.12. The van der Waals surface area contributed by atoms with Gasteiger partial charge >= 0.3 is 5.97 Å². The maximum absolute atomic E-state index is 13.1. The summed E-state index contributed by atoms with van der Waals surface area (Å²) in [6, 6.07) is 14.8. The van der Waals surface area contributed by atoms with E-state index < -0.39 is 17.8 Å². The molecule has 1 saturated heterocycles. The van der Waals surface area contributed by atoms with Crippen molar-refractivity contribution >= 4 is 62.8 Å². The first kappa shape index (κ1) is 21.7. The van der Waals surface area contributed by atoms with Crippen LogP contribution in [0.5, 0.6) is 0 Å². The van der Waals surface area contributed by atoms with Crippen LogP contribution < -0.4 is 10.2 Å². The van der Waals surface area contributed by atoms with Gasteiger partial charge in [0.25, 0.3) is 11.8 Å². The lowest BCUT2D eigenvalue weighted by Crippen LogP contribution is -2.54. The fourth-order valence-corrected chi connectivity index (χ4v) is 4.15. The highest BCUT2D eigenvalue weighted by Crippen LogP contribution is 2.31. The minimum absolute atomic E-state index is 0.0642. The van der Waals surface area contributed by atoms with Crippen molar-refractivity contribution in [3.8, 4) is 11.3 Å². The number of thiocarbonyl (C=S) groups is 1. The Hall–Kier alpha value is -3.56. The first-order chi connectivity index (χ1) is 15.2. The van der Waals surface area contributed by atoms with E-state index in [-0.39, 0.29) is 16.2 Å². The molecule has 0 atom stereocenters. The number of hydrogen-bond donors (Lipinski definition) is 2. The Balaban J connectivity index is 1.66. The van der Waals surface area contributed by atoms with Gasteiger partial charge in [0.15, 0.2) is 5.11 Å². The van der Waals surface area contributed by atoms with Crippen LogP contribution in [-0.2, 0) is 9.59 Å². The molecule has 0 bridgehead atoms. The van der Waals surface area contributed by atoms with Crippen molar-refractivity contribution in [1.82, 2.24) is 5.32 Å². The Morgan fingerprint density at radius 3 is 2.50 bits per heavy atom. The molecule has 0 saturated carbocycles. The van der Waals surface area contributed by atoms with E-state index in [4.69, 9.17) is 21.7 Å². The van der Waals surface area contributed by atoms with Crippen molar-refractivity contribution in [2.45, 2.75) is 6.92 Å². The molecule has 160 valence electrons. The lowest BCUT2D eigenvalue weighted by Gasteiger charge is -2.28. The number of aromatic carboxylic acids is 1. The summed E-state index contributed by atoms with van der Waals surface area (Å²) in [5.74, 6) is -1.49. The molecule has 2 amide bonds. The molecule has 0 unspecified atom stereocenters. The number of carbonyl (C=O) groups excluding carboxylic acids is 2. The maximum atomic E-state index is 13.1. The molecule has 0 spiro atoms. The third-order valence-corrected chi connectivity index (χ3v) is 5.72. The molecule has 2 N–H and O–H groups in total. The van der Waals surface area contributed by atoms with E-state index in [1.165, 1.54) is 30.3 Å². The second-order valence-electron chi connectivity index (χ2n) is 7.00. The number of aryl methyl sites for hydroxylation is 1. The van der Waals surface area contributed by atoms with Gasteiger partial charge in [0.2, 0.25) is 0 Å². The first-order valence-electron chi connectivity index (χ1n) is 9.36. The van der Waals surface area contributed by atoms with Gasteiger partial charge in [-0.1, -0.05) is 22.0 Å². The Bertz CT molecular complexity index is 1310. The van der Waals surface area contributed by atoms with Gasteiger partial charge in [0, 0.05) is 10.0 Å². The predicted molar refractivity (Wildman–Crippen MR) is 126 cm³/mol. The van der Waals surface area contributed by atoms with Crippen LogP contribution in [0.1, 0.15) is 21.7 Å². The fourth-order valence-electron chi connectivity index (χ4n) is 3.18. The second-order valence-corrected chi connectivity index (χ2v) is 8.24. The average Bonchev–Trinajstić information content (AvgIpc) is 3.19. The van der Waals surface area contributed by atoms with E-state index in [1.807, 2.05) is 25.1 Å². The zero-order valence-electron chi connectivity index (χ0n) is 16.6. The number of nitrogens with one attached hydrogen (secondary N) is 1. The molecule has 1 aliphatic heterocycles. The lowest BCUT2D eigenvalue weighted by atomic mass is 10.1. The molecule has 0 aliphatic carbocycles. The van der Waals surface area contributed by atoms with Gasteiger partial charge in [-0.25, -0.2) is 4.79 Å². The Morgan fingerprint density at radius 1 is 1.12 bits per heavy atom. The van der Waals surface area contributed by atoms with E-state index in [0.717, 1.165) is 20.5 Å². The smallest absolute Gasteiger partial charge is 0.335 e. The highest BCUT2D eigenvalue weighted by atomic mass is 79.9. The molecule has 2 aromatic carbocycles. The predicted octanol–water partition coefficient (Wildman–Crippen LogP) is 4.55. The van der Waals surface area contributed by atoms with E-state index in [9.17, 15) is 14.4 Å². The summed E-state index contributed by atoms with van der Waals surface area (Å²) in [4.78, 5) is 37.8. The number of carbonyl (C=O) groups is 3. The van der Waals surface area contributed by atoms with E-state index >= 15 is 0 Å². The first-order valence-corrected chi connectivity index (χ1v) is 10.6. The molecule has 9 heteroatoms. The largest absolute Gasteiger partial charge is 0.478 e. The maximum Gasteiger partial charge on any atom is 0.335 e. The van der Waals surface area contributed by atoms with Crippen molar-refractivity contribution in [3.05, 3.63) is 81.5 Å². The summed E-state index contributed by atoms with van der Waals surface area (Å²) in [7, 11) is 0. The molecule has 0 radical (unpaired) electrons. The second kappa shape index (κ2) is 8.52. The Kier molecular flexibility index (Phi) is 5.77. The highest BCUT2D eigenvalue weighted by molar-refractivity contribution is 9.10. The number of anilines is 1. The van der Waals surface area contributed by atoms with E-state index in [1.54, 1.807) is 12.1 Å². The number of carboxylic acid groups (broad SMARTS) is 1. The summed E-state index contributed by atoms with van der Waals surface area (Å²) in [6.07, 6.45) is 1.35. The van der Waals surface area contributed by atoms with E-state index in [0.29, 0.717) is 17.2 Å². The van der Waals surface area contributed by atoms with Crippen molar-refractivity contribution in [1.29, 1.82) is 0 Å². The summed E-state index contributed by atoms with van der Waals surface area (Å²) in [5.41, 5.74) is 2.16. The molecule has 4 rings (SSSR count). The third-order valence-electron chi connectivity index (χ3n) is 4.78. The van der Waals surface area contributed by atoms with Crippen LogP contribution in [0.15, 0.2) is 69.1 Å². The van der Waals surface area contributed by atoms with Crippen molar-refractivity contribution in [2.24, 2.45) is 0 Å². The van der Waals surface area contributed by atoms with Gasteiger partial charge in [-0.05, 0) is 79.3 Å². The average molecular weight is 511 g/mol. The highest BCUT2D eigenvalue weighted by Gasteiger charge is 2.34. The van der Waals surface area contributed by atoms with Gasteiger partial charge in [-0.15, -0.1) is 0 Å². The molecule has 1 fully saturated rings. The molecule has 32 heavy (non-hydrogen) atoms. The Labute approximate surface area is 196 Å². The Morgan fingerprint density at radius 2 is 1.84 bits per heavy atom. The summed E-state index contributed by atoms with van der Waals surface area (Å²) in [6.45, 7) is 1.98. The molecule has 1 aliphatic rings. The topological polar surface area (TPSA) is 99.9 Å². The normalized spacial score (nSPS) is 15.2. The molecule has 7 nitrogen and oxygen atoms in total. The lowest BCUT2D eigenvalue weighted by molar-refractivity contribution is -0.122. The standard InChI is InChI=1S/C23H15BrN2O5S/c1-12-2-8-16(18(24)10-12)19-9-7-15(31-19)11-17-20(27)25-23(32)26(21(17)28)14-5-3-13(4-6-14)22(29)30/h2-11H,1H3,(H,29,30)(H,25,27,32)/b17-11-. The minimum Gasteiger partial charge on any atom is -0.478 e. The van der Waals surface area contributed by atoms with Crippen LogP contribution in [-0.4, -0.2) is 28.0 Å². The zero-order valence-corrected chi connectivity index (χ0v) is 19.0. The van der Waals surface area contributed by atoms with Crippen LogP contribution in [0, 0.1) is 6.92 Å². The quantitative estimate of drug-likeness (QED) is 0.303. The van der Waals surface area contributed by atoms with Gasteiger partial charge in [0.05, 0.1) is 11.3 Å². The molecule has 1 aromatic heterocycles. The van der Waals surface area contributed by atoms with Crippen LogP contribution in [0.4, 0.5) is 5.69 Å². The summed E-state index contributed by atoms with van der Waals surface area (Å²) >= 11 is 8.67. The van der Waals surface area contributed by atoms with Crippen molar-refractivity contribution in [3.63, 3.8) is 0 Å². The minimum atomic E-state index is -1.09. The SMILES string of the molecule is Cc1ccc(-c2ccc(/C=C3/C(=O)NC(=S)N(c4ccc(C(=O)O)cc4)C3=O)o2)c(Br)c1. The molecule has 2 heterocycles. The van der Waals surface area contributed by atoms with Crippen LogP contribution in [0.3, 0.4) is 0 Å². The van der Waals surface area contributed by atoms with Gasteiger partial charge < -0.3 is 9.52 Å². The number of furan rings is 1. The number of halogens is 1. The number of benzene rings is 2. The van der Waals surface area contributed by atoms with Gasteiger partial charge in [-0.3, -0.25) is 19.8 Å².